The Balaban J connectivity index is 1.55. The van der Waals surface area contributed by atoms with Gasteiger partial charge in [0.2, 0.25) is 0 Å². The summed E-state index contributed by atoms with van der Waals surface area (Å²) in [4.78, 5) is 22.2. The number of carbonyl (C=O) groups excluding carboxylic acids is 1. The number of hydrogen-bond donors (Lipinski definition) is 1. The van der Waals surface area contributed by atoms with Crippen LogP contribution in [0.3, 0.4) is 0 Å². The Labute approximate surface area is 175 Å². The van der Waals surface area contributed by atoms with Gasteiger partial charge >= 0.3 is 0 Å². The Morgan fingerprint density at radius 2 is 2.00 bits per heavy atom. The number of H-pyrrole nitrogens is 1. The molecular formula is C22H29N5OS. The first-order valence-corrected chi connectivity index (χ1v) is 11.3. The minimum absolute atomic E-state index is 0.0727. The number of rotatable bonds is 7. The van der Waals surface area contributed by atoms with Crippen molar-refractivity contribution in [3.63, 3.8) is 0 Å². The number of amides is 1. The molecule has 4 rings (SSSR count). The highest BCUT2D eigenvalue weighted by atomic mass is 32.1. The molecule has 6 nitrogen and oxygen atoms in total. The van der Waals surface area contributed by atoms with Gasteiger partial charge in [0.25, 0.3) is 5.91 Å². The fourth-order valence-corrected chi connectivity index (χ4v) is 4.99. The van der Waals surface area contributed by atoms with Gasteiger partial charge in [-0.2, -0.15) is 5.10 Å². The van der Waals surface area contributed by atoms with Crippen LogP contribution in [0.1, 0.15) is 41.9 Å². The Bertz CT molecular complexity index is 943. The van der Waals surface area contributed by atoms with E-state index < -0.39 is 0 Å². The molecule has 0 radical (unpaired) electrons. The number of aromatic amines is 1. The van der Waals surface area contributed by atoms with Gasteiger partial charge < -0.3 is 9.80 Å². The number of fused-ring (bicyclic) bond motifs is 1. The molecule has 0 aliphatic heterocycles. The average Bonchev–Trinajstić information content (AvgIpc) is 3.40. The number of likely N-dealkylation sites (N-methyl/N-ethyl adjacent to an activating group) is 1. The van der Waals surface area contributed by atoms with Crippen LogP contribution in [-0.2, 0) is 0 Å². The van der Waals surface area contributed by atoms with Gasteiger partial charge in [-0.15, -0.1) is 11.3 Å². The number of hydrogen-bond acceptors (Lipinski definition) is 5. The lowest BCUT2D eigenvalue weighted by Crippen LogP contribution is -2.40. The molecule has 7 heteroatoms. The predicted octanol–water partition coefficient (Wildman–Crippen LogP) is 4.27. The van der Waals surface area contributed by atoms with Crippen LogP contribution in [-0.4, -0.2) is 64.6 Å². The van der Waals surface area contributed by atoms with Gasteiger partial charge in [0.1, 0.15) is 0 Å². The minimum atomic E-state index is 0.0727. The predicted molar refractivity (Wildman–Crippen MR) is 118 cm³/mol. The van der Waals surface area contributed by atoms with Crippen molar-refractivity contribution in [2.75, 3.05) is 33.7 Å². The molecule has 0 spiro atoms. The summed E-state index contributed by atoms with van der Waals surface area (Å²) in [6, 6.07) is 6.13. The number of carbonyl (C=O) groups is 1. The monoisotopic (exact) mass is 411 g/mol. The lowest BCUT2D eigenvalue weighted by Gasteiger charge is -2.30. The summed E-state index contributed by atoms with van der Waals surface area (Å²) in [5.74, 6) is 0.695. The molecule has 0 atom stereocenters. The first kappa shape index (κ1) is 20.0. The summed E-state index contributed by atoms with van der Waals surface area (Å²) in [7, 11) is 4.11. The van der Waals surface area contributed by atoms with Gasteiger partial charge in [-0.3, -0.25) is 9.89 Å². The molecule has 1 aliphatic rings. The Kier molecular flexibility index (Phi) is 6.25. The number of thiazole rings is 1. The highest BCUT2D eigenvalue weighted by molar-refractivity contribution is 7.20. The van der Waals surface area contributed by atoms with Crippen LogP contribution in [0.2, 0.25) is 0 Å². The third kappa shape index (κ3) is 4.85. The van der Waals surface area contributed by atoms with Gasteiger partial charge in [0.15, 0.2) is 5.01 Å². The largest absolute Gasteiger partial charge is 0.335 e. The van der Waals surface area contributed by atoms with E-state index in [1.807, 2.05) is 23.2 Å². The summed E-state index contributed by atoms with van der Waals surface area (Å²) in [6.07, 6.45) is 10.1. The molecule has 0 bridgehead atoms. The molecule has 29 heavy (non-hydrogen) atoms. The summed E-state index contributed by atoms with van der Waals surface area (Å²) in [5.41, 5.74) is 3.01. The van der Waals surface area contributed by atoms with Crippen LogP contribution in [0.4, 0.5) is 0 Å². The molecular weight excluding hydrogens is 382 g/mol. The van der Waals surface area contributed by atoms with Gasteiger partial charge in [0.05, 0.1) is 16.4 Å². The van der Waals surface area contributed by atoms with Crippen molar-refractivity contribution in [1.82, 2.24) is 25.0 Å². The lowest BCUT2D eigenvalue weighted by molar-refractivity contribution is 0.0701. The van der Waals surface area contributed by atoms with E-state index in [0.717, 1.165) is 41.0 Å². The molecule has 154 valence electrons. The summed E-state index contributed by atoms with van der Waals surface area (Å²) >= 11 is 1.49. The van der Waals surface area contributed by atoms with E-state index >= 15 is 0 Å². The zero-order valence-electron chi connectivity index (χ0n) is 17.2. The molecule has 1 aromatic carbocycles. The maximum atomic E-state index is 13.4. The van der Waals surface area contributed by atoms with E-state index in [2.05, 4.69) is 40.2 Å². The third-order valence-corrected chi connectivity index (χ3v) is 6.72. The second-order valence-electron chi connectivity index (χ2n) is 8.25. The second kappa shape index (κ2) is 9.05. The second-order valence-corrected chi connectivity index (χ2v) is 9.28. The maximum absolute atomic E-state index is 13.4. The molecule has 0 saturated heterocycles. The summed E-state index contributed by atoms with van der Waals surface area (Å²) < 4.78 is 1.04. The van der Waals surface area contributed by atoms with Gasteiger partial charge in [-0.1, -0.05) is 25.3 Å². The van der Waals surface area contributed by atoms with Crippen molar-refractivity contribution >= 4 is 27.5 Å². The number of benzene rings is 1. The van der Waals surface area contributed by atoms with Crippen molar-refractivity contribution in [1.29, 1.82) is 0 Å². The van der Waals surface area contributed by atoms with Gasteiger partial charge in [0, 0.05) is 31.4 Å². The fraction of sp³-hybridized carbons (Fsp3) is 0.500. The zero-order valence-corrected chi connectivity index (χ0v) is 18.0. The third-order valence-electron chi connectivity index (χ3n) is 5.71. The molecule has 3 aromatic rings. The molecule has 1 amide bonds. The topological polar surface area (TPSA) is 65.1 Å². The van der Waals surface area contributed by atoms with E-state index in [0.29, 0.717) is 10.9 Å². The summed E-state index contributed by atoms with van der Waals surface area (Å²) in [5, 5.41) is 7.47. The molecule has 2 heterocycles. The van der Waals surface area contributed by atoms with Crippen LogP contribution in [0.25, 0.3) is 21.3 Å². The minimum Gasteiger partial charge on any atom is -0.335 e. The van der Waals surface area contributed by atoms with Crippen LogP contribution < -0.4 is 0 Å². The van der Waals surface area contributed by atoms with Crippen molar-refractivity contribution < 1.29 is 4.79 Å². The van der Waals surface area contributed by atoms with Crippen LogP contribution in [0.5, 0.6) is 0 Å². The molecule has 1 saturated carbocycles. The van der Waals surface area contributed by atoms with Crippen LogP contribution >= 0.6 is 11.3 Å². The fourth-order valence-electron chi connectivity index (χ4n) is 4.02. The Morgan fingerprint density at radius 3 is 2.72 bits per heavy atom. The quantitative estimate of drug-likeness (QED) is 0.631. The van der Waals surface area contributed by atoms with Crippen molar-refractivity contribution in [3.05, 3.63) is 35.6 Å². The van der Waals surface area contributed by atoms with Gasteiger partial charge in [-0.05, 0) is 50.6 Å². The number of nitrogens with zero attached hydrogens (tertiary/aromatic N) is 4. The zero-order chi connectivity index (χ0) is 20.2. The number of aromatic nitrogens is 3. The van der Waals surface area contributed by atoms with E-state index in [1.54, 1.807) is 6.20 Å². The van der Waals surface area contributed by atoms with E-state index in [-0.39, 0.29) is 5.91 Å². The standard InChI is InChI=1S/C22H29N5OS/c1-26(2)10-11-27(15-16-6-4-3-5-7-16)22(28)21-25-19-9-8-17(12-20(19)29-21)18-13-23-24-14-18/h8-9,12-14,16H,3-7,10-11,15H2,1-2H3,(H,23,24). The smallest absolute Gasteiger partial charge is 0.282 e. The molecule has 1 fully saturated rings. The van der Waals surface area contributed by atoms with Crippen molar-refractivity contribution in [2.45, 2.75) is 32.1 Å². The molecule has 1 aliphatic carbocycles. The molecule has 2 aromatic heterocycles. The molecule has 1 N–H and O–H groups in total. The first-order valence-electron chi connectivity index (χ1n) is 10.4. The highest BCUT2D eigenvalue weighted by Crippen LogP contribution is 2.29. The van der Waals surface area contributed by atoms with E-state index in [1.165, 1.54) is 43.4 Å². The van der Waals surface area contributed by atoms with E-state index in [9.17, 15) is 4.79 Å². The Morgan fingerprint density at radius 1 is 1.17 bits per heavy atom. The number of nitrogens with one attached hydrogen (secondary N) is 1. The van der Waals surface area contributed by atoms with Crippen molar-refractivity contribution in [2.24, 2.45) is 5.92 Å². The van der Waals surface area contributed by atoms with E-state index in [4.69, 9.17) is 0 Å². The van der Waals surface area contributed by atoms with Crippen molar-refractivity contribution in [3.8, 4) is 11.1 Å². The summed E-state index contributed by atoms with van der Waals surface area (Å²) in [6.45, 7) is 2.47. The highest BCUT2D eigenvalue weighted by Gasteiger charge is 2.24. The SMILES string of the molecule is CN(C)CCN(CC1CCCCC1)C(=O)c1nc2ccc(-c3cn[nH]c3)cc2s1. The van der Waals surface area contributed by atoms with Crippen LogP contribution in [0.15, 0.2) is 30.6 Å². The first-order chi connectivity index (χ1) is 14.1. The maximum Gasteiger partial charge on any atom is 0.282 e. The Hall–Kier alpha value is -2.25. The van der Waals surface area contributed by atoms with Gasteiger partial charge in [-0.25, -0.2) is 4.98 Å². The normalized spacial score (nSPS) is 15.3. The molecule has 0 unspecified atom stereocenters. The van der Waals surface area contributed by atoms with Crippen LogP contribution in [0, 0.1) is 5.92 Å². The lowest BCUT2D eigenvalue weighted by atomic mass is 9.89. The average molecular weight is 412 g/mol.